The summed E-state index contributed by atoms with van der Waals surface area (Å²) in [7, 11) is 0. The summed E-state index contributed by atoms with van der Waals surface area (Å²) in [5.74, 6) is -0.346. The number of nitrogens with one attached hydrogen (secondary N) is 1. The van der Waals surface area contributed by atoms with Gasteiger partial charge in [-0.15, -0.1) is 0 Å². The maximum atomic E-state index is 12.0. The van der Waals surface area contributed by atoms with Crippen molar-refractivity contribution in [3.63, 3.8) is 0 Å². The third-order valence-electron chi connectivity index (χ3n) is 3.16. The summed E-state index contributed by atoms with van der Waals surface area (Å²) in [6, 6.07) is 1.61. The molecule has 1 amide bonds. The summed E-state index contributed by atoms with van der Waals surface area (Å²) in [6.45, 7) is 6.90. The van der Waals surface area contributed by atoms with Crippen LogP contribution in [-0.4, -0.2) is 28.5 Å². The molecule has 0 spiro atoms. The van der Waals surface area contributed by atoms with Gasteiger partial charge in [-0.25, -0.2) is 4.79 Å². The van der Waals surface area contributed by atoms with Crippen LogP contribution in [0, 0.1) is 11.8 Å². The van der Waals surface area contributed by atoms with Gasteiger partial charge in [0.25, 0.3) is 5.91 Å². The Balaban J connectivity index is 2.69. The standard InChI is InChI=1S/C15H20N2O3/c1-10(2)11(3)7-17-15(20)13-6-12(8-16-9-13)4-5-14(18)19/h4-6,8-11H,7H2,1-3H3,(H,17,20)(H,18,19). The third-order valence-corrected chi connectivity index (χ3v) is 3.16. The largest absolute Gasteiger partial charge is 0.478 e. The number of nitrogens with zero attached hydrogens (tertiary/aromatic N) is 1. The van der Waals surface area contributed by atoms with Crippen LogP contribution in [0.1, 0.15) is 36.7 Å². The molecule has 0 aromatic carbocycles. The second kappa shape index (κ2) is 7.43. The zero-order chi connectivity index (χ0) is 15.1. The second-order valence-corrected chi connectivity index (χ2v) is 5.11. The minimum Gasteiger partial charge on any atom is -0.478 e. The molecule has 5 nitrogen and oxygen atoms in total. The van der Waals surface area contributed by atoms with E-state index in [1.165, 1.54) is 18.5 Å². The SMILES string of the molecule is CC(C)C(C)CNC(=O)c1cncc(C=CC(=O)O)c1. The monoisotopic (exact) mass is 276 g/mol. The van der Waals surface area contributed by atoms with Gasteiger partial charge in [0.15, 0.2) is 0 Å². The Bertz CT molecular complexity index is 510. The van der Waals surface area contributed by atoms with Crippen LogP contribution in [0.25, 0.3) is 6.08 Å². The molecule has 20 heavy (non-hydrogen) atoms. The van der Waals surface area contributed by atoms with E-state index in [-0.39, 0.29) is 5.91 Å². The molecule has 5 heteroatoms. The Labute approximate surface area is 118 Å². The maximum absolute atomic E-state index is 12.0. The van der Waals surface area contributed by atoms with Crippen LogP contribution in [0.15, 0.2) is 24.5 Å². The van der Waals surface area contributed by atoms with Crippen molar-refractivity contribution in [3.05, 3.63) is 35.7 Å². The number of pyridine rings is 1. The first-order valence-electron chi connectivity index (χ1n) is 6.54. The zero-order valence-corrected chi connectivity index (χ0v) is 12.0. The number of hydrogen-bond donors (Lipinski definition) is 2. The fourth-order valence-electron chi connectivity index (χ4n) is 1.43. The van der Waals surface area contributed by atoms with Crippen LogP contribution < -0.4 is 5.32 Å². The topological polar surface area (TPSA) is 79.3 Å². The Morgan fingerprint density at radius 2 is 2.05 bits per heavy atom. The second-order valence-electron chi connectivity index (χ2n) is 5.11. The highest BCUT2D eigenvalue weighted by Gasteiger charge is 2.10. The predicted octanol–water partition coefficient (Wildman–Crippen LogP) is 2.20. The van der Waals surface area contributed by atoms with E-state index >= 15 is 0 Å². The minimum atomic E-state index is -1.04. The molecule has 0 aliphatic carbocycles. The first kappa shape index (κ1) is 15.9. The van der Waals surface area contributed by atoms with Gasteiger partial charge < -0.3 is 10.4 Å². The van der Waals surface area contributed by atoms with E-state index in [9.17, 15) is 9.59 Å². The molecular formula is C15H20N2O3. The van der Waals surface area contributed by atoms with Crippen LogP contribution in [0.2, 0.25) is 0 Å². The number of amides is 1. The molecule has 0 aliphatic rings. The average Bonchev–Trinajstić information content (AvgIpc) is 2.42. The third kappa shape index (κ3) is 5.22. The number of carboxylic acids is 1. The molecule has 108 valence electrons. The number of rotatable bonds is 6. The molecule has 1 aromatic heterocycles. The number of aromatic nitrogens is 1. The minimum absolute atomic E-state index is 0.199. The fraction of sp³-hybridized carbons (Fsp3) is 0.400. The van der Waals surface area contributed by atoms with Crippen molar-refractivity contribution in [2.24, 2.45) is 11.8 Å². The van der Waals surface area contributed by atoms with Gasteiger partial charge in [0.1, 0.15) is 0 Å². The first-order valence-corrected chi connectivity index (χ1v) is 6.54. The van der Waals surface area contributed by atoms with Crippen molar-refractivity contribution < 1.29 is 14.7 Å². The summed E-state index contributed by atoms with van der Waals surface area (Å²) in [5, 5.41) is 11.4. The van der Waals surface area contributed by atoms with Gasteiger partial charge in [-0.2, -0.15) is 0 Å². The van der Waals surface area contributed by atoms with Crippen molar-refractivity contribution >= 4 is 18.0 Å². The van der Waals surface area contributed by atoms with Gasteiger partial charge in [0.05, 0.1) is 5.56 Å². The quantitative estimate of drug-likeness (QED) is 0.781. The van der Waals surface area contributed by atoms with Crippen molar-refractivity contribution in [1.29, 1.82) is 0 Å². The molecule has 1 heterocycles. The van der Waals surface area contributed by atoms with E-state index in [1.807, 2.05) is 0 Å². The van der Waals surface area contributed by atoms with Crippen LogP contribution in [-0.2, 0) is 4.79 Å². The molecule has 0 bridgehead atoms. The molecule has 0 fully saturated rings. The Kier molecular flexibility index (Phi) is 5.90. The van der Waals surface area contributed by atoms with Crippen molar-refractivity contribution in [1.82, 2.24) is 10.3 Å². The Hall–Kier alpha value is -2.17. The van der Waals surface area contributed by atoms with E-state index in [4.69, 9.17) is 5.11 Å². The van der Waals surface area contributed by atoms with E-state index in [2.05, 4.69) is 31.1 Å². The van der Waals surface area contributed by atoms with Crippen LogP contribution in [0.4, 0.5) is 0 Å². The summed E-state index contributed by atoms with van der Waals surface area (Å²) >= 11 is 0. The molecule has 0 saturated carbocycles. The molecule has 1 rings (SSSR count). The molecule has 1 atom stereocenters. The van der Waals surface area contributed by atoms with Crippen molar-refractivity contribution in [2.45, 2.75) is 20.8 Å². The lowest BCUT2D eigenvalue weighted by Gasteiger charge is -2.16. The van der Waals surface area contributed by atoms with E-state index in [1.54, 1.807) is 6.07 Å². The molecule has 1 unspecified atom stereocenters. The summed E-state index contributed by atoms with van der Waals surface area (Å²) in [6.07, 6.45) is 5.39. The van der Waals surface area contributed by atoms with Crippen LogP contribution >= 0.6 is 0 Å². The number of aliphatic carboxylic acids is 1. The molecule has 0 saturated heterocycles. The molecule has 2 N–H and O–H groups in total. The lowest BCUT2D eigenvalue weighted by Crippen LogP contribution is -2.30. The highest BCUT2D eigenvalue weighted by Crippen LogP contribution is 2.09. The van der Waals surface area contributed by atoms with Gasteiger partial charge in [0.2, 0.25) is 0 Å². The normalized spacial score (nSPS) is 12.6. The molecule has 0 aliphatic heterocycles. The number of carbonyl (C=O) groups excluding carboxylic acids is 1. The molecule has 0 radical (unpaired) electrons. The summed E-state index contributed by atoms with van der Waals surface area (Å²) in [4.78, 5) is 26.4. The predicted molar refractivity (Wildman–Crippen MR) is 77.2 cm³/mol. The van der Waals surface area contributed by atoms with Gasteiger partial charge in [-0.3, -0.25) is 9.78 Å². The smallest absolute Gasteiger partial charge is 0.328 e. The Morgan fingerprint density at radius 1 is 1.35 bits per heavy atom. The maximum Gasteiger partial charge on any atom is 0.328 e. The van der Waals surface area contributed by atoms with Crippen LogP contribution in [0.5, 0.6) is 0 Å². The molecular weight excluding hydrogens is 256 g/mol. The van der Waals surface area contributed by atoms with Gasteiger partial charge in [0, 0.05) is 25.0 Å². The van der Waals surface area contributed by atoms with E-state index in [0.29, 0.717) is 29.5 Å². The average molecular weight is 276 g/mol. The van der Waals surface area contributed by atoms with Gasteiger partial charge >= 0.3 is 5.97 Å². The van der Waals surface area contributed by atoms with Gasteiger partial charge in [-0.1, -0.05) is 20.8 Å². The Morgan fingerprint density at radius 3 is 2.65 bits per heavy atom. The first-order chi connectivity index (χ1) is 9.40. The highest BCUT2D eigenvalue weighted by molar-refractivity contribution is 5.94. The number of carbonyl (C=O) groups is 2. The zero-order valence-electron chi connectivity index (χ0n) is 12.0. The summed E-state index contributed by atoms with van der Waals surface area (Å²) in [5.41, 5.74) is 1.01. The number of hydrogen-bond acceptors (Lipinski definition) is 3. The summed E-state index contributed by atoms with van der Waals surface area (Å²) < 4.78 is 0. The lowest BCUT2D eigenvalue weighted by atomic mass is 9.98. The fourth-order valence-corrected chi connectivity index (χ4v) is 1.43. The van der Waals surface area contributed by atoms with E-state index < -0.39 is 5.97 Å². The number of carboxylic acid groups (broad SMARTS) is 1. The van der Waals surface area contributed by atoms with Crippen molar-refractivity contribution in [3.8, 4) is 0 Å². The highest BCUT2D eigenvalue weighted by atomic mass is 16.4. The molecule has 1 aromatic rings. The van der Waals surface area contributed by atoms with Crippen LogP contribution in [0.3, 0.4) is 0 Å². The lowest BCUT2D eigenvalue weighted by molar-refractivity contribution is -0.131. The van der Waals surface area contributed by atoms with E-state index in [0.717, 1.165) is 6.08 Å². The van der Waals surface area contributed by atoms with Gasteiger partial charge in [-0.05, 0) is 29.5 Å². The van der Waals surface area contributed by atoms with Crippen molar-refractivity contribution in [2.75, 3.05) is 6.54 Å².